The van der Waals surface area contributed by atoms with Gasteiger partial charge in [-0.05, 0) is 61.7 Å². The quantitative estimate of drug-likeness (QED) is 0.719. The lowest BCUT2D eigenvalue weighted by molar-refractivity contribution is 0.248. The predicted molar refractivity (Wildman–Crippen MR) is 121 cm³/mol. The summed E-state index contributed by atoms with van der Waals surface area (Å²) in [7, 11) is 0. The fourth-order valence-electron chi connectivity index (χ4n) is 4.32. The number of piperidine rings is 1. The van der Waals surface area contributed by atoms with Crippen LogP contribution in [0.3, 0.4) is 0 Å². The number of rotatable bonds is 7. The first-order valence-electron chi connectivity index (χ1n) is 10.9. The minimum absolute atomic E-state index is 0.628. The number of nitrogens with one attached hydrogen (secondary N) is 1. The first-order chi connectivity index (χ1) is 14.3. The maximum Gasteiger partial charge on any atom is 0.119 e. The van der Waals surface area contributed by atoms with Crippen molar-refractivity contribution in [3.05, 3.63) is 59.1 Å². The molecule has 0 saturated carbocycles. The molecule has 0 amide bonds. The molecular formula is C24H32ClN3O. The zero-order chi connectivity index (χ0) is 19.9. The number of hydrogen-bond acceptors (Lipinski definition) is 4. The summed E-state index contributed by atoms with van der Waals surface area (Å²) in [5, 5.41) is 4.40. The van der Waals surface area contributed by atoms with E-state index in [1.165, 1.54) is 30.5 Å². The Balaban J connectivity index is 1.23. The fraction of sp³-hybridized carbons (Fsp3) is 0.500. The largest absolute Gasteiger partial charge is 0.494 e. The van der Waals surface area contributed by atoms with Gasteiger partial charge in [-0.15, -0.1) is 0 Å². The Labute approximate surface area is 179 Å². The van der Waals surface area contributed by atoms with Crippen LogP contribution in [0, 0.1) is 0 Å². The van der Waals surface area contributed by atoms with Crippen molar-refractivity contribution in [1.82, 2.24) is 10.2 Å². The van der Waals surface area contributed by atoms with Crippen LogP contribution in [-0.2, 0) is 6.54 Å². The highest BCUT2D eigenvalue weighted by Gasteiger charge is 2.18. The van der Waals surface area contributed by atoms with E-state index < -0.39 is 0 Å². The van der Waals surface area contributed by atoms with Crippen molar-refractivity contribution in [3.63, 3.8) is 0 Å². The first kappa shape index (κ1) is 20.5. The van der Waals surface area contributed by atoms with Gasteiger partial charge in [0.05, 0.1) is 6.61 Å². The third-order valence-corrected chi connectivity index (χ3v) is 6.23. The van der Waals surface area contributed by atoms with E-state index in [4.69, 9.17) is 16.3 Å². The lowest BCUT2D eigenvalue weighted by atomic mass is 10.0. The summed E-state index contributed by atoms with van der Waals surface area (Å²) in [6.07, 6.45) is 5.03. The molecular weight excluding hydrogens is 382 g/mol. The third-order valence-electron chi connectivity index (χ3n) is 6.00. The molecule has 0 aromatic heterocycles. The highest BCUT2D eigenvalue weighted by Crippen LogP contribution is 2.22. The molecule has 2 aliphatic rings. The minimum Gasteiger partial charge on any atom is -0.494 e. The first-order valence-corrected chi connectivity index (χ1v) is 11.3. The van der Waals surface area contributed by atoms with Crippen LogP contribution in [0.4, 0.5) is 5.69 Å². The lowest BCUT2D eigenvalue weighted by Crippen LogP contribution is -2.45. The molecule has 2 saturated heterocycles. The molecule has 29 heavy (non-hydrogen) atoms. The van der Waals surface area contributed by atoms with Crippen molar-refractivity contribution in [1.29, 1.82) is 0 Å². The standard InChI is InChI=1S/C24H32ClN3O/c25-21-6-4-8-23(18-21)28-14-12-27(13-15-28)19-20-5-3-9-24(17-20)29-16-10-22-7-1-2-11-26-22/h3-6,8-9,17-18,22,26H,1-2,7,10-16,19H2. The molecule has 4 rings (SSSR count). The average Bonchev–Trinajstić information content (AvgIpc) is 2.75. The summed E-state index contributed by atoms with van der Waals surface area (Å²) in [6, 6.07) is 17.4. The van der Waals surface area contributed by atoms with Crippen molar-refractivity contribution < 1.29 is 4.74 Å². The van der Waals surface area contributed by atoms with Gasteiger partial charge in [0, 0.05) is 49.5 Å². The molecule has 0 aliphatic carbocycles. The van der Waals surface area contributed by atoms with E-state index in [9.17, 15) is 0 Å². The Kier molecular flexibility index (Phi) is 7.31. The van der Waals surface area contributed by atoms with Gasteiger partial charge in [-0.1, -0.05) is 36.2 Å². The molecule has 0 radical (unpaired) electrons. The summed E-state index contributed by atoms with van der Waals surface area (Å²) in [5.74, 6) is 0.996. The van der Waals surface area contributed by atoms with Gasteiger partial charge in [0.25, 0.3) is 0 Å². The van der Waals surface area contributed by atoms with Crippen LogP contribution >= 0.6 is 11.6 Å². The zero-order valence-electron chi connectivity index (χ0n) is 17.2. The number of anilines is 1. The van der Waals surface area contributed by atoms with E-state index in [0.717, 1.165) is 63.1 Å². The van der Waals surface area contributed by atoms with Gasteiger partial charge in [-0.2, -0.15) is 0 Å². The number of nitrogens with zero attached hydrogens (tertiary/aromatic N) is 2. The predicted octanol–water partition coefficient (Wildman–Crippen LogP) is 4.57. The summed E-state index contributed by atoms with van der Waals surface area (Å²) in [4.78, 5) is 4.94. The molecule has 1 atom stereocenters. The highest BCUT2D eigenvalue weighted by atomic mass is 35.5. The molecule has 4 nitrogen and oxygen atoms in total. The summed E-state index contributed by atoms with van der Waals surface area (Å²) < 4.78 is 6.05. The second-order valence-corrected chi connectivity index (χ2v) is 8.61. The van der Waals surface area contributed by atoms with Gasteiger partial charge in [-0.25, -0.2) is 0 Å². The molecule has 2 fully saturated rings. The molecule has 0 bridgehead atoms. The molecule has 2 aromatic rings. The van der Waals surface area contributed by atoms with E-state index in [-0.39, 0.29) is 0 Å². The summed E-state index contributed by atoms with van der Waals surface area (Å²) in [6.45, 7) is 7.11. The molecule has 0 spiro atoms. The Morgan fingerprint density at radius 3 is 2.66 bits per heavy atom. The van der Waals surface area contributed by atoms with Crippen molar-refractivity contribution in [2.45, 2.75) is 38.3 Å². The topological polar surface area (TPSA) is 27.7 Å². The van der Waals surface area contributed by atoms with Crippen LogP contribution in [0.25, 0.3) is 0 Å². The third kappa shape index (κ3) is 6.11. The summed E-state index contributed by atoms with van der Waals surface area (Å²) in [5.41, 5.74) is 2.55. The molecule has 2 heterocycles. The normalized spacial score (nSPS) is 20.6. The Hall–Kier alpha value is -1.75. The van der Waals surface area contributed by atoms with Gasteiger partial charge in [-0.3, -0.25) is 4.90 Å². The van der Waals surface area contributed by atoms with Crippen LogP contribution in [0.15, 0.2) is 48.5 Å². The van der Waals surface area contributed by atoms with Gasteiger partial charge < -0.3 is 15.0 Å². The van der Waals surface area contributed by atoms with Crippen LogP contribution in [-0.4, -0.2) is 50.3 Å². The molecule has 5 heteroatoms. The molecule has 2 aliphatic heterocycles. The van der Waals surface area contributed by atoms with Crippen molar-refractivity contribution in [2.75, 3.05) is 44.2 Å². The van der Waals surface area contributed by atoms with E-state index in [1.807, 2.05) is 12.1 Å². The second-order valence-electron chi connectivity index (χ2n) is 8.17. The van der Waals surface area contributed by atoms with E-state index in [1.54, 1.807) is 0 Å². The smallest absolute Gasteiger partial charge is 0.119 e. The molecule has 1 N–H and O–H groups in total. The van der Waals surface area contributed by atoms with E-state index >= 15 is 0 Å². The summed E-state index contributed by atoms with van der Waals surface area (Å²) >= 11 is 6.14. The van der Waals surface area contributed by atoms with Crippen molar-refractivity contribution in [3.8, 4) is 5.75 Å². The van der Waals surface area contributed by atoms with Gasteiger partial charge in [0.1, 0.15) is 5.75 Å². The molecule has 156 valence electrons. The van der Waals surface area contributed by atoms with Crippen molar-refractivity contribution >= 4 is 17.3 Å². The number of benzene rings is 2. The van der Waals surface area contributed by atoms with Crippen LogP contribution in [0.1, 0.15) is 31.2 Å². The van der Waals surface area contributed by atoms with Gasteiger partial charge in [0.15, 0.2) is 0 Å². The highest BCUT2D eigenvalue weighted by molar-refractivity contribution is 6.30. The molecule has 1 unspecified atom stereocenters. The number of ether oxygens (including phenoxy) is 1. The lowest BCUT2D eigenvalue weighted by Gasteiger charge is -2.36. The van der Waals surface area contributed by atoms with Crippen LogP contribution < -0.4 is 15.0 Å². The average molecular weight is 414 g/mol. The maximum absolute atomic E-state index is 6.14. The van der Waals surface area contributed by atoms with Gasteiger partial charge >= 0.3 is 0 Å². The maximum atomic E-state index is 6.14. The SMILES string of the molecule is Clc1cccc(N2CCN(Cc3cccc(OCCC4CCCCN4)c3)CC2)c1. The minimum atomic E-state index is 0.628. The number of hydrogen-bond donors (Lipinski definition) is 1. The Morgan fingerprint density at radius 2 is 1.86 bits per heavy atom. The monoisotopic (exact) mass is 413 g/mol. The van der Waals surface area contributed by atoms with E-state index in [0.29, 0.717) is 6.04 Å². The molecule has 2 aromatic carbocycles. The zero-order valence-corrected chi connectivity index (χ0v) is 17.9. The fourth-order valence-corrected chi connectivity index (χ4v) is 4.50. The number of piperazine rings is 1. The Morgan fingerprint density at radius 1 is 1.00 bits per heavy atom. The Bertz CT molecular complexity index is 770. The second kappa shape index (κ2) is 10.3. The number of halogens is 1. The van der Waals surface area contributed by atoms with Gasteiger partial charge in [0.2, 0.25) is 0 Å². The van der Waals surface area contributed by atoms with Crippen molar-refractivity contribution in [2.24, 2.45) is 0 Å². The van der Waals surface area contributed by atoms with Crippen LogP contribution in [0.5, 0.6) is 5.75 Å². The van der Waals surface area contributed by atoms with E-state index in [2.05, 4.69) is 51.5 Å². The van der Waals surface area contributed by atoms with Crippen LogP contribution in [0.2, 0.25) is 5.02 Å².